The van der Waals surface area contributed by atoms with Gasteiger partial charge in [-0.3, -0.25) is 4.79 Å². The Labute approximate surface area is 106 Å². The molecule has 90 valence electrons. The molecule has 3 rings (SSSR count). The fourth-order valence-corrected chi connectivity index (χ4v) is 2.67. The van der Waals surface area contributed by atoms with Gasteiger partial charge < -0.3 is 4.57 Å². The molecule has 1 aliphatic heterocycles. The van der Waals surface area contributed by atoms with E-state index in [-0.39, 0.29) is 11.8 Å². The second kappa shape index (κ2) is 3.95. The van der Waals surface area contributed by atoms with E-state index >= 15 is 0 Å². The van der Waals surface area contributed by atoms with Gasteiger partial charge in [0, 0.05) is 0 Å². The van der Waals surface area contributed by atoms with Crippen molar-refractivity contribution in [3.8, 4) is 0 Å². The Hall–Kier alpha value is -2.16. The number of benzene rings is 1. The Morgan fingerprint density at radius 3 is 2.67 bits per heavy atom. The van der Waals surface area contributed by atoms with E-state index in [9.17, 15) is 4.79 Å². The summed E-state index contributed by atoms with van der Waals surface area (Å²) in [5, 5.41) is 0. The smallest absolute Gasteiger partial charge is 0.157 e. The van der Waals surface area contributed by atoms with E-state index in [0.717, 1.165) is 22.4 Å². The summed E-state index contributed by atoms with van der Waals surface area (Å²) in [6, 6.07) is 9.85. The highest BCUT2D eigenvalue weighted by molar-refractivity contribution is 6.05. The third kappa shape index (κ3) is 1.44. The molecule has 1 atom stereocenters. The lowest BCUT2D eigenvalue weighted by atomic mass is 9.94. The molecule has 18 heavy (non-hydrogen) atoms. The molecule has 2 aromatic rings. The van der Waals surface area contributed by atoms with Crippen molar-refractivity contribution >= 4 is 16.9 Å². The molecule has 0 saturated heterocycles. The Bertz CT molecular complexity index is 638. The number of hydrogen-bond donors (Lipinski definition) is 0. The van der Waals surface area contributed by atoms with Crippen LogP contribution >= 0.6 is 0 Å². The van der Waals surface area contributed by atoms with Gasteiger partial charge in [-0.2, -0.15) is 0 Å². The average Bonchev–Trinajstić information content (AvgIpc) is 2.92. The second-order valence-electron chi connectivity index (χ2n) is 4.60. The summed E-state index contributed by atoms with van der Waals surface area (Å²) >= 11 is 0. The first-order valence-corrected chi connectivity index (χ1v) is 5.99. The maximum Gasteiger partial charge on any atom is 0.157 e. The summed E-state index contributed by atoms with van der Waals surface area (Å²) in [5.41, 5.74) is 4.38. The van der Waals surface area contributed by atoms with Crippen LogP contribution in [0, 0.1) is 0 Å². The predicted octanol–water partition coefficient (Wildman–Crippen LogP) is 2.96. The Morgan fingerprint density at radius 2 is 2.00 bits per heavy atom. The predicted molar refractivity (Wildman–Crippen MR) is 70.9 cm³/mol. The molecule has 1 aromatic carbocycles. The monoisotopic (exact) mass is 238 g/mol. The summed E-state index contributed by atoms with van der Waals surface area (Å²) in [4.78, 5) is 16.1. The largest absolute Gasteiger partial charge is 0.316 e. The highest BCUT2D eigenvalue weighted by Crippen LogP contribution is 2.42. The molecule has 0 spiro atoms. The topological polar surface area (TPSA) is 34.9 Å². The summed E-state index contributed by atoms with van der Waals surface area (Å²) in [7, 11) is 0. The van der Waals surface area contributed by atoms with Crippen LogP contribution in [0.3, 0.4) is 0 Å². The molecule has 0 N–H and O–H groups in total. The quantitative estimate of drug-likeness (QED) is 0.806. The van der Waals surface area contributed by atoms with Crippen LogP contribution in [-0.4, -0.2) is 15.3 Å². The minimum atomic E-state index is -0.232. The van der Waals surface area contributed by atoms with Crippen molar-refractivity contribution in [2.75, 3.05) is 0 Å². The van der Waals surface area contributed by atoms with Gasteiger partial charge in [0.1, 0.15) is 6.04 Å². The first-order chi connectivity index (χ1) is 8.70. The van der Waals surface area contributed by atoms with Gasteiger partial charge in [-0.05, 0) is 30.6 Å². The zero-order valence-electron chi connectivity index (χ0n) is 10.4. The molecule has 0 aliphatic carbocycles. The van der Waals surface area contributed by atoms with Gasteiger partial charge in [-0.1, -0.05) is 30.3 Å². The molecule has 2 heterocycles. The first kappa shape index (κ1) is 11.0. The third-order valence-corrected chi connectivity index (χ3v) is 3.48. The second-order valence-corrected chi connectivity index (χ2v) is 4.60. The number of allylic oxidation sites excluding steroid dienone is 2. The van der Waals surface area contributed by atoms with E-state index in [1.807, 2.05) is 29.0 Å². The van der Waals surface area contributed by atoms with Gasteiger partial charge in [-0.15, -0.1) is 0 Å². The van der Waals surface area contributed by atoms with Gasteiger partial charge in [-0.25, -0.2) is 4.98 Å². The molecule has 0 saturated carbocycles. The molecular formula is C15H14N2O. The molecule has 0 radical (unpaired) electrons. The number of Topliss-reactive ketones (excluding diaryl/α,β-unsaturated/α-hetero) is 1. The summed E-state index contributed by atoms with van der Waals surface area (Å²) < 4.78 is 1.96. The molecule has 0 bridgehead atoms. The Kier molecular flexibility index (Phi) is 2.40. The van der Waals surface area contributed by atoms with E-state index in [1.54, 1.807) is 13.3 Å². The van der Waals surface area contributed by atoms with E-state index in [0.29, 0.717) is 0 Å². The molecule has 3 nitrogen and oxygen atoms in total. The Morgan fingerprint density at radius 1 is 1.28 bits per heavy atom. The van der Waals surface area contributed by atoms with Crippen molar-refractivity contribution in [1.82, 2.24) is 9.55 Å². The van der Waals surface area contributed by atoms with Gasteiger partial charge in [0.2, 0.25) is 0 Å². The number of carbonyl (C=O) groups excluding carboxylic acids is 1. The third-order valence-electron chi connectivity index (χ3n) is 3.48. The van der Waals surface area contributed by atoms with Gasteiger partial charge in [0.15, 0.2) is 5.78 Å². The SMILES string of the molecule is CC(=O)C1C(c2ccccc2)=C(C)c2cncn21. The highest BCUT2D eigenvalue weighted by Gasteiger charge is 2.32. The lowest BCUT2D eigenvalue weighted by molar-refractivity contribution is -0.118. The van der Waals surface area contributed by atoms with Crippen molar-refractivity contribution in [1.29, 1.82) is 0 Å². The number of fused-ring (bicyclic) bond motifs is 1. The summed E-state index contributed by atoms with van der Waals surface area (Å²) in [6.07, 6.45) is 3.56. The summed E-state index contributed by atoms with van der Waals surface area (Å²) in [5.74, 6) is 0.143. The van der Waals surface area contributed by atoms with Crippen molar-refractivity contribution in [3.63, 3.8) is 0 Å². The fourth-order valence-electron chi connectivity index (χ4n) is 2.67. The van der Waals surface area contributed by atoms with Crippen LogP contribution < -0.4 is 0 Å². The summed E-state index contributed by atoms with van der Waals surface area (Å²) in [6.45, 7) is 3.69. The van der Waals surface area contributed by atoms with E-state index in [2.05, 4.69) is 24.0 Å². The maximum atomic E-state index is 12.0. The number of carbonyl (C=O) groups is 1. The average molecular weight is 238 g/mol. The van der Waals surface area contributed by atoms with Crippen molar-refractivity contribution in [2.24, 2.45) is 0 Å². The number of nitrogens with zero attached hydrogens (tertiary/aromatic N) is 2. The maximum absolute atomic E-state index is 12.0. The molecular weight excluding hydrogens is 224 g/mol. The van der Waals surface area contributed by atoms with Crippen LogP contribution in [0.2, 0.25) is 0 Å². The molecule has 0 fully saturated rings. The number of hydrogen-bond acceptors (Lipinski definition) is 2. The minimum absolute atomic E-state index is 0.143. The number of rotatable bonds is 2. The Balaban J connectivity index is 2.22. The number of ketones is 1. The molecule has 0 amide bonds. The van der Waals surface area contributed by atoms with Crippen LogP contribution in [0.1, 0.15) is 31.1 Å². The normalized spacial score (nSPS) is 18.0. The molecule has 1 aromatic heterocycles. The standard InChI is InChI=1S/C15H14N2O/c1-10-13-8-16-9-17(13)15(11(2)18)14(10)12-6-4-3-5-7-12/h3-9,15H,1-2H3. The molecule has 3 heteroatoms. The lowest BCUT2D eigenvalue weighted by Gasteiger charge is -2.15. The molecule has 1 aliphatic rings. The van der Waals surface area contributed by atoms with Gasteiger partial charge >= 0.3 is 0 Å². The van der Waals surface area contributed by atoms with Crippen LogP contribution in [-0.2, 0) is 4.79 Å². The van der Waals surface area contributed by atoms with E-state index in [1.165, 1.54) is 0 Å². The highest BCUT2D eigenvalue weighted by atomic mass is 16.1. The zero-order valence-corrected chi connectivity index (χ0v) is 10.4. The van der Waals surface area contributed by atoms with Crippen LogP contribution in [0.15, 0.2) is 42.9 Å². The van der Waals surface area contributed by atoms with Gasteiger partial charge in [0.05, 0.1) is 18.2 Å². The van der Waals surface area contributed by atoms with Crippen LogP contribution in [0.5, 0.6) is 0 Å². The molecule has 1 unspecified atom stereocenters. The number of aromatic nitrogens is 2. The van der Waals surface area contributed by atoms with Crippen molar-refractivity contribution in [2.45, 2.75) is 19.9 Å². The fraction of sp³-hybridized carbons (Fsp3) is 0.200. The zero-order chi connectivity index (χ0) is 12.7. The van der Waals surface area contributed by atoms with E-state index in [4.69, 9.17) is 0 Å². The minimum Gasteiger partial charge on any atom is -0.316 e. The van der Waals surface area contributed by atoms with E-state index < -0.39 is 0 Å². The van der Waals surface area contributed by atoms with Gasteiger partial charge in [0.25, 0.3) is 0 Å². The van der Waals surface area contributed by atoms with Crippen molar-refractivity contribution in [3.05, 3.63) is 54.1 Å². The number of imidazole rings is 1. The van der Waals surface area contributed by atoms with Crippen LogP contribution in [0.4, 0.5) is 0 Å². The first-order valence-electron chi connectivity index (χ1n) is 5.99. The lowest BCUT2D eigenvalue weighted by Crippen LogP contribution is -2.14. The van der Waals surface area contributed by atoms with Crippen LogP contribution in [0.25, 0.3) is 11.1 Å². The van der Waals surface area contributed by atoms with Crippen molar-refractivity contribution < 1.29 is 4.79 Å².